The third kappa shape index (κ3) is 10.8. The highest BCUT2D eigenvalue weighted by Crippen LogP contribution is 2.57. The highest BCUT2D eigenvalue weighted by Gasteiger charge is 2.53. The van der Waals surface area contributed by atoms with E-state index in [-0.39, 0.29) is 20.1 Å². The molecule has 554 valence electrons. The fourth-order valence-corrected chi connectivity index (χ4v) is 20.0. The van der Waals surface area contributed by atoms with Crippen LogP contribution < -0.4 is 88.0 Å². The Hall–Kier alpha value is -15.4. The maximum absolute atomic E-state index is 8.22. The van der Waals surface area contributed by atoms with Crippen LogP contribution in [-0.2, 0) is 0 Å². The summed E-state index contributed by atoms with van der Waals surface area (Å²) in [5.41, 5.74) is 35.4. The Morgan fingerprint density at radius 2 is 0.563 bits per heavy atom. The van der Waals surface area contributed by atoms with Crippen molar-refractivity contribution in [2.24, 2.45) is 0 Å². The summed E-state index contributed by atoms with van der Waals surface area (Å²) in [5, 5.41) is 0. The van der Waals surface area contributed by atoms with Crippen LogP contribution in [0, 0.1) is 0 Å². The van der Waals surface area contributed by atoms with Crippen LogP contribution in [0.2, 0.25) is 0 Å². The van der Waals surface area contributed by atoms with E-state index < -0.39 is 0 Å². The lowest BCUT2D eigenvalue weighted by Gasteiger charge is -2.48. The van der Waals surface area contributed by atoms with Crippen molar-refractivity contribution in [1.29, 1.82) is 0 Å². The zero-order valence-electron chi connectivity index (χ0n) is 64.7. The summed E-state index contributed by atoms with van der Waals surface area (Å²) in [4.78, 5) is 15.1. The fraction of sp³-hybridized carbons (Fsp3) is 0. The van der Waals surface area contributed by atoms with Gasteiger partial charge in [0.25, 0.3) is 20.1 Å². The second-order valence-corrected chi connectivity index (χ2v) is 31.3. The molecule has 18 aromatic carbocycles. The maximum Gasteiger partial charge on any atom is 0.256 e. The molecule has 0 aliphatic carbocycles. The standard InChI is InChI=1S/C108H71B3N6O2/c1-10-37-72(38-11-1)83-55-28-32-61-91(83)113(77-47-20-6-21-48-77)82-67-97-104-102(68-82)118-100-63-34-30-59-87(100)109(104)89-69-90-94(70-93(89)115(97)79-51-24-8-25-52-79)116(80-53-26-9-27-54-80)98-71-99-106(108-105(98)110(90)88-60-31-35-64-101(88)119-108)111-86-58-29-33-62-92(86)114(78-49-22-7-23-50-78)95-65-81(112(75-43-16-4-17-44-75)76-45-18-5-19-46-76)66-96(103(95)111)117(99)107-84(73-39-12-2-13-40-73)56-36-57-85(107)74-41-14-3-15-42-74/h1-71H. The Kier molecular flexibility index (Phi) is 15.8. The zero-order chi connectivity index (χ0) is 78.2. The largest absolute Gasteiger partial charge is 0.459 e. The molecule has 6 heterocycles. The average Bonchev–Trinajstić information content (AvgIpc) is 0.660. The van der Waals surface area contributed by atoms with Crippen LogP contribution in [-0.4, -0.2) is 20.1 Å². The number of hydrogen-bond acceptors (Lipinski definition) is 8. The first kappa shape index (κ1) is 68.0. The molecule has 0 saturated heterocycles. The number of para-hydroxylation sites is 11. The summed E-state index contributed by atoms with van der Waals surface area (Å²) in [5.74, 6) is 3.29. The molecule has 0 fully saturated rings. The van der Waals surface area contributed by atoms with Crippen molar-refractivity contribution in [1.82, 2.24) is 0 Å². The summed E-state index contributed by atoms with van der Waals surface area (Å²) in [7, 11) is 0. The van der Waals surface area contributed by atoms with E-state index in [1.165, 1.54) is 16.4 Å². The Bertz CT molecular complexity index is 6940. The topological polar surface area (TPSA) is 37.9 Å². The molecule has 0 saturated carbocycles. The van der Waals surface area contributed by atoms with E-state index in [9.17, 15) is 0 Å². The highest BCUT2D eigenvalue weighted by atomic mass is 16.5. The van der Waals surface area contributed by atoms with Gasteiger partial charge in [0, 0.05) is 102 Å². The van der Waals surface area contributed by atoms with E-state index in [0.29, 0.717) is 0 Å². The lowest BCUT2D eigenvalue weighted by molar-refractivity contribution is 0.487. The molecule has 6 aliphatic heterocycles. The number of benzene rings is 18. The minimum atomic E-state index is -0.383. The number of rotatable bonds is 13. The van der Waals surface area contributed by atoms with Gasteiger partial charge >= 0.3 is 0 Å². The third-order valence-corrected chi connectivity index (χ3v) is 24.8. The van der Waals surface area contributed by atoms with Crippen LogP contribution in [0.3, 0.4) is 0 Å². The smallest absolute Gasteiger partial charge is 0.256 e. The molecule has 0 radical (unpaired) electrons. The second-order valence-electron chi connectivity index (χ2n) is 31.3. The fourth-order valence-electron chi connectivity index (χ4n) is 20.0. The van der Waals surface area contributed by atoms with Gasteiger partial charge in [0.05, 0.1) is 22.7 Å². The molecule has 0 aromatic heterocycles. The molecule has 0 amide bonds. The van der Waals surface area contributed by atoms with Crippen molar-refractivity contribution < 1.29 is 9.47 Å². The van der Waals surface area contributed by atoms with Crippen LogP contribution in [0.5, 0.6) is 23.0 Å². The minimum absolute atomic E-state index is 0.270. The Balaban J connectivity index is 0.826. The number of anilines is 18. The molecule has 0 atom stereocenters. The number of hydrogen-bond donors (Lipinski definition) is 0. The molecule has 8 nitrogen and oxygen atoms in total. The van der Waals surface area contributed by atoms with Crippen molar-refractivity contribution in [3.63, 3.8) is 0 Å². The summed E-state index contributed by atoms with van der Waals surface area (Å²) in [6.45, 7) is -0.999. The molecular weight excluding hydrogens is 1450 g/mol. The Morgan fingerprint density at radius 1 is 0.202 bits per heavy atom. The lowest BCUT2D eigenvalue weighted by Crippen LogP contribution is -2.66. The number of ether oxygens (including phenoxy) is 2. The predicted octanol–water partition coefficient (Wildman–Crippen LogP) is 22.5. The van der Waals surface area contributed by atoms with E-state index in [1.54, 1.807) is 0 Å². The van der Waals surface area contributed by atoms with Gasteiger partial charge in [0.15, 0.2) is 0 Å². The van der Waals surface area contributed by atoms with E-state index in [0.717, 1.165) is 192 Å². The van der Waals surface area contributed by atoms with E-state index in [1.807, 2.05) is 0 Å². The average molecular weight is 1520 g/mol. The normalized spacial score (nSPS) is 13.1. The van der Waals surface area contributed by atoms with Gasteiger partial charge in [-0.05, 0) is 193 Å². The van der Waals surface area contributed by atoms with Gasteiger partial charge in [-0.2, -0.15) is 0 Å². The SMILES string of the molecule is c1ccc(-c2ccccc2N(c2ccccc2)c2cc3c4c(c2)N(c2ccccc2)c2cc5c(cc2B4c2ccccc2O3)B2c3ccccc3Oc3c2c(cc2c3B3c4ccccc4N(c4ccccc4)c4cc(N(c6ccccc6)c6ccccc6)cc(c43)N2c2c(-c3ccccc3)cccc2-c2ccccc2)N5c2ccccc2)cc1. The van der Waals surface area contributed by atoms with Crippen molar-refractivity contribution in [3.05, 3.63) is 431 Å². The van der Waals surface area contributed by atoms with Crippen LogP contribution in [0.25, 0.3) is 33.4 Å². The molecular formula is C108H71B3N6O2. The molecule has 6 aliphatic rings. The highest BCUT2D eigenvalue weighted by molar-refractivity contribution is 7.04. The maximum atomic E-state index is 8.22. The molecule has 0 bridgehead atoms. The van der Waals surface area contributed by atoms with Gasteiger partial charge in [0.1, 0.15) is 23.0 Å². The summed E-state index contributed by atoms with van der Waals surface area (Å²) in [6.07, 6.45) is 0. The minimum Gasteiger partial charge on any atom is -0.459 e. The zero-order valence-corrected chi connectivity index (χ0v) is 64.7. The summed E-state index contributed by atoms with van der Waals surface area (Å²) < 4.78 is 15.7. The van der Waals surface area contributed by atoms with Crippen LogP contribution in [0.1, 0.15) is 0 Å². The summed E-state index contributed by atoms with van der Waals surface area (Å²) >= 11 is 0. The first-order valence-corrected chi connectivity index (χ1v) is 41.0. The van der Waals surface area contributed by atoms with Crippen molar-refractivity contribution in [2.75, 3.05) is 29.4 Å². The number of nitrogens with zero attached hydrogens (tertiary/aromatic N) is 6. The molecule has 18 aromatic rings. The van der Waals surface area contributed by atoms with Gasteiger partial charge < -0.3 is 38.9 Å². The van der Waals surface area contributed by atoms with Gasteiger partial charge in [-0.25, -0.2) is 0 Å². The molecule has 0 unspecified atom stereocenters. The Morgan fingerprint density at radius 3 is 1.10 bits per heavy atom. The van der Waals surface area contributed by atoms with E-state index in [4.69, 9.17) is 9.47 Å². The van der Waals surface area contributed by atoms with Gasteiger partial charge in [-0.3, -0.25) is 0 Å². The molecule has 24 rings (SSSR count). The van der Waals surface area contributed by atoms with Gasteiger partial charge in [-0.15, -0.1) is 0 Å². The third-order valence-electron chi connectivity index (χ3n) is 24.8. The second kappa shape index (κ2) is 27.7. The summed E-state index contributed by atoms with van der Waals surface area (Å²) in [6, 6.07) is 158. The van der Waals surface area contributed by atoms with E-state index >= 15 is 0 Å². The van der Waals surface area contributed by atoms with Crippen molar-refractivity contribution in [3.8, 4) is 56.4 Å². The Labute approximate surface area is 693 Å². The van der Waals surface area contributed by atoms with Crippen molar-refractivity contribution in [2.45, 2.75) is 0 Å². The lowest BCUT2D eigenvalue weighted by atomic mass is 9.29. The first-order valence-electron chi connectivity index (χ1n) is 41.0. The van der Waals surface area contributed by atoms with E-state index in [2.05, 4.69) is 460 Å². The van der Waals surface area contributed by atoms with Crippen LogP contribution >= 0.6 is 0 Å². The molecule has 119 heavy (non-hydrogen) atoms. The monoisotopic (exact) mass is 1520 g/mol. The quantitative estimate of drug-likeness (QED) is 0.106. The molecule has 11 heteroatoms. The van der Waals surface area contributed by atoms with Crippen LogP contribution in [0.15, 0.2) is 431 Å². The van der Waals surface area contributed by atoms with Crippen LogP contribution in [0.4, 0.5) is 102 Å². The molecule has 0 spiro atoms. The first-order chi connectivity index (χ1) is 59.1. The van der Waals surface area contributed by atoms with Crippen molar-refractivity contribution >= 4 is 172 Å². The molecule has 0 N–H and O–H groups in total. The van der Waals surface area contributed by atoms with Gasteiger partial charge in [-0.1, -0.05) is 297 Å². The predicted molar refractivity (Wildman–Crippen MR) is 498 cm³/mol. The van der Waals surface area contributed by atoms with Gasteiger partial charge in [0.2, 0.25) is 0 Å². The number of fused-ring (bicyclic) bond motifs is 13.